The lowest BCUT2D eigenvalue weighted by Gasteiger charge is -2.39. The van der Waals surface area contributed by atoms with E-state index in [0.717, 1.165) is 12.0 Å². The maximum Gasteiger partial charge on any atom is 0.246 e. The van der Waals surface area contributed by atoms with Crippen LogP contribution in [0.1, 0.15) is 46.1 Å². The van der Waals surface area contributed by atoms with E-state index in [1.807, 2.05) is 30.3 Å². The molecule has 6 heteroatoms. The predicted octanol–water partition coefficient (Wildman–Crippen LogP) is 1.89. The summed E-state index contributed by atoms with van der Waals surface area (Å²) < 4.78 is 0. The number of hydrogen-bond acceptors (Lipinski definition) is 3. The van der Waals surface area contributed by atoms with Crippen LogP contribution in [0, 0.1) is 5.41 Å². The SMILES string of the molecule is CNC(=O)[C@@H]1CC[C@H](C(C)(C)C)N1C(=O)[C@H](Cc1ccccc1)NC(C)=O. The van der Waals surface area contributed by atoms with Gasteiger partial charge in [0.2, 0.25) is 17.7 Å². The number of nitrogens with zero attached hydrogens (tertiary/aromatic N) is 1. The highest BCUT2D eigenvalue weighted by atomic mass is 16.2. The van der Waals surface area contributed by atoms with Crippen LogP contribution in [-0.4, -0.2) is 47.8 Å². The van der Waals surface area contributed by atoms with Crippen molar-refractivity contribution in [1.29, 1.82) is 0 Å². The summed E-state index contributed by atoms with van der Waals surface area (Å²) in [5.41, 5.74) is 0.805. The number of rotatable bonds is 5. The first-order valence-corrected chi connectivity index (χ1v) is 9.50. The van der Waals surface area contributed by atoms with Gasteiger partial charge in [0.1, 0.15) is 12.1 Å². The Morgan fingerprint density at radius 3 is 2.30 bits per heavy atom. The molecule has 3 atom stereocenters. The molecular formula is C21H31N3O3. The van der Waals surface area contributed by atoms with Crippen molar-refractivity contribution < 1.29 is 14.4 Å². The summed E-state index contributed by atoms with van der Waals surface area (Å²) in [6.07, 6.45) is 1.80. The molecule has 1 saturated heterocycles. The summed E-state index contributed by atoms with van der Waals surface area (Å²) in [7, 11) is 1.59. The van der Waals surface area contributed by atoms with E-state index in [1.165, 1.54) is 6.92 Å². The van der Waals surface area contributed by atoms with Crippen molar-refractivity contribution in [2.75, 3.05) is 7.05 Å². The smallest absolute Gasteiger partial charge is 0.246 e. The van der Waals surface area contributed by atoms with Crippen LogP contribution in [0.15, 0.2) is 30.3 Å². The van der Waals surface area contributed by atoms with Crippen molar-refractivity contribution in [2.24, 2.45) is 5.41 Å². The van der Waals surface area contributed by atoms with Crippen LogP contribution in [0.3, 0.4) is 0 Å². The Balaban J connectivity index is 2.35. The van der Waals surface area contributed by atoms with E-state index in [2.05, 4.69) is 31.4 Å². The van der Waals surface area contributed by atoms with Gasteiger partial charge in [0.05, 0.1) is 0 Å². The Morgan fingerprint density at radius 2 is 1.78 bits per heavy atom. The molecule has 0 aliphatic carbocycles. The molecular weight excluding hydrogens is 342 g/mol. The summed E-state index contributed by atoms with van der Waals surface area (Å²) in [5.74, 6) is -0.608. The summed E-state index contributed by atoms with van der Waals surface area (Å²) in [5, 5.41) is 5.47. The van der Waals surface area contributed by atoms with Gasteiger partial charge in [-0.05, 0) is 23.8 Å². The van der Waals surface area contributed by atoms with Crippen molar-refractivity contribution in [3.8, 4) is 0 Å². The van der Waals surface area contributed by atoms with Crippen LogP contribution < -0.4 is 10.6 Å². The fourth-order valence-corrected chi connectivity index (χ4v) is 3.87. The molecule has 1 fully saturated rings. The van der Waals surface area contributed by atoms with Gasteiger partial charge < -0.3 is 15.5 Å². The Kier molecular flexibility index (Phi) is 6.63. The number of amides is 3. The van der Waals surface area contributed by atoms with Crippen molar-refractivity contribution >= 4 is 17.7 Å². The van der Waals surface area contributed by atoms with Crippen LogP contribution in [0.25, 0.3) is 0 Å². The average Bonchev–Trinajstić information content (AvgIpc) is 3.05. The van der Waals surface area contributed by atoms with Gasteiger partial charge in [-0.3, -0.25) is 14.4 Å². The molecule has 0 radical (unpaired) electrons. The molecule has 1 heterocycles. The minimum absolute atomic E-state index is 0.0562. The molecule has 2 rings (SSSR count). The number of carbonyl (C=O) groups is 3. The van der Waals surface area contributed by atoms with Gasteiger partial charge in [0, 0.05) is 26.4 Å². The topological polar surface area (TPSA) is 78.5 Å². The predicted molar refractivity (Wildman–Crippen MR) is 105 cm³/mol. The van der Waals surface area contributed by atoms with Gasteiger partial charge in [-0.2, -0.15) is 0 Å². The Labute approximate surface area is 161 Å². The molecule has 1 aromatic rings. The summed E-state index contributed by atoms with van der Waals surface area (Å²) in [6.45, 7) is 7.64. The van der Waals surface area contributed by atoms with Gasteiger partial charge >= 0.3 is 0 Å². The van der Waals surface area contributed by atoms with Gasteiger partial charge in [-0.1, -0.05) is 51.1 Å². The molecule has 148 valence electrons. The zero-order chi connectivity index (χ0) is 20.2. The van der Waals surface area contributed by atoms with Gasteiger partial charge in [0.15, 0.2) is 0 Å². The third kappa shape index (κ3) is 5.08. The van der Waals surface area contributed by atoms with E-state index in [9.17, 15) is 14.4 Å². The fourth-order valence-electron chi connectivity index (χ4n) is 3.87. The number of carbonyl (C=O) groups excluding carboxylic acids is 3. The molecule has 1 aliphatic rings. The lowest BCUT2D eigenvalue weighted by molar-refractivity contribution is -0.145. The lowest BCUT2D eigenvalue weighted by Crippen LogP contribution is -2.58. The van der Waals surface area contributed by atoms with Crippen LogP contribution in [0.2, 0.25) is 0 Å². The van der Waals surface area contributed by atoms with E-state index in [0.29, 0.717) is 12.8 Å². The molecule has 0 saturated carbocycles. The van der Waals surface area contributed by atoms with Crippen LogP contribution in [-0.2, 0) is 20.8 Å². The second-order valence-electron chi connectivity index (χ2n) is 8.28. The van der Waals surface area contributed by atoms with Crippen molar-refractivity contribution in [2.45, 2.75) is 65.1 Å². The molecule has 0 aromatic heterocycles. The lowest BCUT2D eigenvalue weighted by atomic mass is 9.85. The Bertz CT molecular complexity index is 682. The monoisotopic (exact) mass is 373 g/mol. The Morgan fingerprint density at radius 1 is 1.15 bits per heavy atom. The first kappa shape index (κ1) is 20.9. The van der Waals surface area contributed by atoms with Crippen LogP contribution in [0.4, 0.5) is 0 Å². The van der Waals surface area contributed by atoms with E-state index in [1.54, 1.807) is 11.9 Å². The minimum atomic E-state index is -0.694. The number of likely N-dealkylation sites (tertiary alicyclic amines) is 1. The molecule has 1 aliphatic heterocycles. The van der Waals surface area contributed by atoms with E-state index in [4.69, 9.17) is 0 Å². The third-order valence-corrected chi connectivity index (χ3v) is 5.15. The molecule has 1 aromatic carbocycles. The van der Waals surface area contributed by atoms with E-state index < -0.39 is 12.1 Å². The highest BCUT2D eigenvalue weighted by Crippen LogP contribution is 2.36. The van der Waals surface area contributed by atoms with Gasteiger partial charge in [0.25, 0.3) is 0 Å². The van der Waals surface area contributed by atoms with Crippen molar-refractivity contribution in [3.05, 3.63) is 35.9 Å². The standard InChI is InChI=1S/C21H31N3O3/c1-14(25)23-16(13-15-9-7-6-8-10-15)20(27)24-17(19(26)22-5)11-12-18(24)21(2,3)4/h6-10,16-18H,11-13H2,1-5H3,(H,22,26)(H,23,25)/t16-,17-,18+/m0/s1. The van der Waals surface area contributed by atoms with Crippen LogP contribution >= 0.6 is 0 Å². The second kappa shape index (κ2) is 8.55. The number of nitrogens with one attached hydrogen (secondary N) is 2. The van der Waals surface area contributed by atoms with Crippen molar-refractivity contribution in [3.63, 3.8) is 0 Å². The first-order valence-electron chi connectivity index (χ1n) is 9.50. The maximum absolute atomic E-state index is 13.5. The number of hydrogen-bond donors (Lipinski definition) is 2. The fraction of sp³-hybridized carbons (Fsp3) is 0.571. The summed E-state index contributed by atoms with van der Waals surface area (Å²) in [4.78, 5) is 39.4. The van der Waals surface area contributed by atoms with E-state index >= 15 is 0 Å². The largest absolute Gasteiger partial charge is 0.357 e. The number of likely N-dealkylation sites (N-methyl/N-ethyl adjacent to an activating group) is 1. The molecule has 0 bridgehead atoms. The summed E-state index contributed by atoms with van der Waals surface area (Å²) >= 11 is 0. The molecule has 6 nitrogen and oxygen atoms in total. The zero-order valence-electron chi connectivity index (χ0n) is 16.9. The molecule has 3 amide bonds. The Hall–Kier alpha value is -2.37. The van der Waals surface area contributed by atoms with E-state index in [-0.39, 0.29) is 29.2 Å². The van der Waals surface area contributed by atoms with Crippen molar-refractivity contribution in [1.82, 2.24) is 15.5 Å². The molecule has 0 spiro atoms. The van der Waals surface area contributed by atoms with Crippen LogP contribution in [0.5, 0.6) is 0 Å². The zero-order valence-corrected chi connectivity index (χ0v) is 16.9. The average molecular weight is 373 g/mol. The third-order valence-electron chi connectivity index (χ3n) is 5.15. The minimum Gasteiger partial charge on any atom is -0.357 e. The first-order chi connectivity index (χ1) is 12.6. The molecule has 27 heavy (non-hydrogen) atoms. The quantitative estimate of drug-likeness (QED) is 0.827. The van der Waals surface area contributed by atoms with Gasteiger partial charge in [-0.15, -0.1) is 0 Å². The second-order valence-corrected chi connectivity index (χ2v) is 8.28. The molecule has 0 unspecified atom stereocenters. The highest BCUT2D eigenvalue weighted by molar-refractivity contribution is 5.92. The number of benzene rings is 1. The maximum atomic E-state index is 13.5. The summed E-state index contributed by atoms with van der Waals surface area (Å²) in [6, 6.07) is 8.35. The normalized spacial score (nSPS) is 20.9. The molecule has 2 N–H and O–H groups in total. The van der Waals surface area contributed by atoms with Gasteiger partial charge in [-0.25, -0.2) is 0 Å². The highest BCUT2D eigenvalue weighted by Gasteiger charge is 2.46.